The summed E-state index contributed by atoms with van der Waals surface area (Å²) in [6.07, 6.45) is 4.34. The molecule has 39 heavy (non-hydrogen) atoms. The highest BCUT2D eigenvalue weighted by molar-refractivity contribution is 7.14. The molecule has 1 atom stereocenters. The second kappa shape index (κ2) is 10.2. The Morgan fingerprint density at radius 2 is 1.97 bits per heavy atom. The molecule has 0 radical (unpaired) electrons. The number of nitrogens with one attached hydrogen (secondary N) is 1. The fourth-order valence-electron chi connectivity index (χ4n) is 6.28. The first-order valence-corrected chi connectivity index (χ1v) is 14.7. The van der Waals surface area contributed by atoms with E-state index in [1.54, 1.807) is 7.11 Å². The first-order chi connectivity index (χ1) is 19.1. The Hall–Kier alpha value is -3.05. The van der Waals surface area contributed by atoms with Crippen LogP contribution in [0, 0.1) is 0 Å². The Labute approximate surface area is 230 Å². The zero-order valence-corrected chi connectivity index (χ0v) is 23.0. The minimum absolute atomic E-state index is 0.00173. The van der Waals surface area contributed by atoms with Crippen LogP contribution in [0.15, 0.2) is 39.9 Å². The van der Waals surface area contributed by atoms with Gasteiger partial charge in [-0.05, 0) is 56.0 Å². The molecule has 4 aliphatic rings. The molecule has 1 N–H and O–H groups in total. The van der Waals surface area contributed by atoms with Gasteiger partial charge in [0.1, 0.15) is 23.1 Å². The predicted octanol–water partition coefficient (Wildman–Crippen LogP) is 3.43. The smallest absolute Gasteiger partial charge is 0.275 e. The van der Waals surface area contributed by atoms with E-state index < -0.39 is 0 Å². The van der Waals surface area contributed by atoms with Crippen LogP contribution in [-0.2, 0) is 17.8 Å². The number of hydrogen-bond donors (Lipinski definition) is 1. The number of likely N-dealkylation sites (tertiary alicyclic amines) is 1. The summed E-state index contributed by atoms with van der Waals surface area (Å²) in [5.41, 5.74) is 3.16. The summed E-state index contributed by atoms with van der Waals surface area (Å²) >= 11 is 1.42. The molecule has 0 aliphatic carbocycles. The second-order valence-corrected chi connectivity index (χ2v) is 12.0. The van der Waals surface area contributed by atoms with E-state index in [0.29, 0.717) is 40.0 Å². The Kier molecular flexibility index (Phi) is 6.50. The van der Waals surface area contributed by atoms with Crippen LogP contribution in [0.3, 0.4) is 0 Å². The van der Waals surface area contributed by atoms with Gasteiger partial charge in [-0.25, -0.2) is 4.98 Å². The molecule has 0 spiro atoms. The molecule has 204 valence electrons. The molecule has 9 nitrogen and oxygen atoms in total. The number of piperidine rings is 2. The van der Waals surface area contributed by atoms with Crippen molar-refractivity contribution in [1.82, 2.24) is 23.7 Å². The summed E-state index contributed by atoms with van der Waals surface area (Å²) in [6, 6.07) is 9.70. The molecule has 6 heterocycles. The van der Waals surface area contributed by atoms with Gasteiger partial charge in [0.05, 0.1) is 21.7 Å². The van der Waals surface area contributed by atoms with Crippen LogP contribution in [0.5, 0.6) is 5.75 Å². The van der Waals surface area contributed by atoms with Crippen molar-refractivity contribution in [1.29, 1.82) is 0 Å². The van der Waals surface area contributed by atoms with Gasteiger partial charge in [-0.3, -0.25) is 18.4 Å². The average molecular weight is 548 g/mol. The number of fused-ring (bicyclic) bond motifs is 3. The summed E-state index contributed by atoms with van der Waals surface area (Å²) in [6.45, 7) is 5.98. The lowest BCUT2D eigenvalue weighted by atomic mass is 10.1. The van der Waals surface area contributed by atoms with Gasteiger partial charge in [0.2, 0.25) is 0 Å². The van der Waals surface area contributed by atoms with Gasteiger partial charge in [-0.1, -0.05) is 23.7 Å². The van der Waals surface area contributed by atoms with Gasteiger partial charge < -0.3 is 19.4 Å². The van der Waals surface area contributed by atoms with Crippen LogP contribution in [0.2, 0.25) is 0 Å². The topological polar surface area (TPSA) is 92.7 Å². The lowest BCUT2D eigenvalue weighted by molar-refractivity contribution is 0.0285. The third-order valence-corrected chi connectivity index (χ3v) is 9.59. The van der Waals surface area contributed by atoms with Crippen molar-refractivity contribution in [2.75, 3.05) is 39.8 Å². The molecule has 2 fully saturated rings. The van der Waals surface area contributed by atoms with Crippen molar-refractivity contribution in [2.24, 2.45) is 0 Å². The maximum Gasteiger partial charge on any atom is 0.275 e. The van der Waals surface area contributed by atoms with E-state index >= 15 is 0 Å². The van der Waals surface area contributed by atoms with Crippen LogP contribution >= 0.6 is 11.5 Å². The van der Waals surface area contributed by atoms with Crippen LogP contribution in [0.25, 0.3) is 32.4 Å². The molecule has 0 amide bonds. The summed E-state index contributed by atoms with van der Waals surface area (Å²) in [4.78, 5) is 39.5. The summed E-state index contributed by atoms with van der Waals surface area (Å²) in [5, 5.41) is 0.632. The SMILES string of the molecule is CO[C@@H]1CCCN(Cc2cc3c4nc(c(=O)[nH]c4c2)-c2cccc4c(=O)n(sc24)CCN2CCC(CC2)O3)C1. The van der Waals surface area contributed by atoms with E-state index in [1.165, 1.54) is 11.5 Å². The molecule has 0 unspecified atom stereocenters. The number of ether oxygens (including phenoxy) is 2. The van der Waals surface area contributed by atoms with Gasteiger partial charge >= 0.3 is 0 Å². The molecular weight excluding hydrogens is 514 g/mol. The molecule has 6 bridgehead atoms. The molecule has 0 saturated carbocycles. The fourth-order valence-corrected chi connectivity index (χ4v) is 7.37. The molecule has 4 aliphatic heterocycles. The number of H-pyrrole nitrogens is 1. The first kappa shape index (κ1) is 25.0. The molecular formula is C29H33N5O4S. The highest BCUT2D eigenvalue weighted by Crippen LogP contribution is 2.33. The van der Waals surface area contributed by atoms with Crippen LogP contribution in [-0.4, -0.2) is 75.8 Å². The molecule has 2 saturated heterocycles. The lowest BCUT2D eigenvalue weighted by Gasteiger charge is -2.33. The monoisotopic (exact) mass is 547 g/mol. The number of hydrogen-bond acceptors (Lipinski definition) is 8. The van der Waals surface area contributed by atoms with Crippen LogP contribution in [0.1, 0.15) is 31.2 Å². The van der Waals surface area contributed by atoms with Crippen molar-refractivity contribution in [3.63, 3.8) is 0 Å². The normalized spacial score (nSPS) is 23.8. The second-order valence-electron chi connectivity index (χ2n) is 11.0. The van der Waals surface area contributed by atoms with Gasteiger partial charge in [-0.2, -0.15) is 0 Å². The van der Waals surface area contributed by atoms with Crippen LogP contribution < -0.4 is 15.9 Å². The number of nitrogens with zero attached hydrogens (tertiary/aromatic N) is 4. The quantitative estimate of drug-likeness (QED) is 0.420. The van der Waals surface area contributed by atoms with E-state index in [4.69, 9.17) is 14.5 Å². The standard InChI is InChI=1S/C29H33N5O4S/c1-37-20-4-3-9-33(17-20)16-18-14-23-26-24(15-18)38-19-7-10-32(11-8-19)12-13-34-29(36)22-6-2-5-21(27(22)39-34)25(31-26)28(35)30-23/h2,5-6,14-15,19-20H,3-4,7-13,16-17H2,1H3,(H,30,35)/t20-/m1/s1. The minimum Gasteiger partial charge on any atom is -0.488 e. The minimum atomic E-state index is -0.265. The zero-order chi connectivity index (χ0) is 26.5. The third kappa shape index (κ3) is 4.69. The maximum atomic E-state index is 13.5. The number of aromatic amines is 1. The number of methoxy groups -OCH3 is 1. The first-order valence-electron chi connectivity index (χ1n) is 13.9. The highest BCUT2D eigenvalue weighted by Gasteiger charge is 2.25. The fraction of sp³-hybridized carbons (Fsp3) is 0.483. The number of benzene rings is 2. The van der Waals surface area contributed by atoms with Crippen molar-refractivity contribution < 1.29 is 9.47 Å². The van der Waals surface area contributed by atoms with Crippen molar-refractivity contribution in [3.8, 4) is 17.0 Å². The Balaban J connectivity index is 1.38. The van der Waals surface area contributed by atoms with Crippen molar-refractivity contribution >= 4 is 32.7 Å². The third-order valence-electron chi connectivity index (χ3n) is 8.40. The average Bonchev–Trinajstić information content (AvgIpc) is 3.27. The predicted molar refractivity (Wildman–Crippen MR) is 153 cm³/mol. The zero-order valence-electron chi connectivity index (χ0n) is 22.1. The molecule has 2 aromatic carbocycles. The number of rotatable bonds is 3. The maximum absolute atomic E-state index is 13.5. The Morgan fingerprint density at radius 1 is 1.10 bits per heavy atom. The van der Waals surface area contributed by atoms with Crippen LogP contribution in [0.4, 0.5) is 0 Å². The summed E-state index contributed by atoms with van der Waals surface area (Å²) in [5.74, 6) is 0.714. The Bertz CT molecular complexity index is 1650. The summed E-state index contributed by atoms with van der Waals surface area (Å²) < 4.78 is 14.9. The molecule has 10 heteroatoms. The van der Waals surface area contributed by atoms with Gasteiger partial charge in [-0.15, -0.1) is 0 Å². The van der Waals surface area contributed by atoms with E-state index in [1.807, 2.05) is 28.2 Å². The van der Waals surface area contributed by atoms with E-state index in [9.17, 15) is 9.59 Å². The largest absolute Gasteiger partial charge is 0.488 e. The molecule has 4 aromatic rings. The Morgan fingerprint density at radius 3 is 2.82 bits per heavy atom. The van der Waals surface area contributed by atoms with E-state index in [0.717, 1.165) is 75.2 Å². The van der Waals surface area contributed by atoms with Crippen molar-refractivity contribution in [2.45, 2.75) is 51.0 Å². The van der Waals surface area contributed by atoms with Gasteiger partial charge in [0.25, 0.3) is 11.1 Å². The van der Waals surface area contributed by atoms with Gasteiger partial charge in [0, 0.05) is 51.9 Å². The molecule has 8 rings (SSSR count). The van der Waals surface area contributed by atoms with E-state index in [2.05, 4.69) is 20.9 Å². The van der Waals surface area contributed by atoms with Gasteiger partial charge in [0.15, 0.2) is 0 Å². The van der Waals surface area contributed by atoms with Crippen molar-refractivity contribution in [3.05, 3.63) is 56.6 Å². The number of aromatic nitrogens is 3. The molecule has 2 aromatic heterocycles. The van der Waals surface area contributed by atoms with E-state index in [-0.39, 0.29) is 23.3 Å². The highest BCUT2D eigenvalue weighted by atomic mass is 32.1. The lowest BCUT2D eigenvalue weighted by Crippen LogP contribution is -2.40. The summed E-state index contributed by atoms with van der Waals surface area (Å²) in [7, 11) is 1.78.